The van der Waals surface area contributed by atoms with E-state index in [0.717, 1.165) is 10.9 Å². The number of anilines is 1. The number of nitrogens with one attached hydrogen (secondary N) is 1. The van der Waals surface area contributed by atoms with Gasteiger partial charge in [0.2, 0.25) is 11.8 Å². The summed E-state index contributed by atoms with van der Waals surface area (Å²) in [6, 6.07) is 9.21. The number of imidazole rings is 1. The molecule has 18 heteroatoms. The molecule has 0 spiro atoms. The zero-order valence-electron chi connectivity index (χ0n) is 31.8. The summed E-state index contributed by atoms with van der Waals surface area (Å²) in [5.74, 6) is -1.84. The van der Waals surface area contributed by atoms with Gasteiger partial charge in [-0.3, -0.25) is 18.7 Å². The summed E-state index contributed by atoms with van der Waals surface area (Å²) in [6.45, 7) is 11.9. The molecule has 1 aliphatic heterocycles. The van der Waals surface area contributed by atoms with Gasteiger partial charge in [0.25, 0.3) is 0 Å². The van der Waals surface area contributed by atoms with Crippen LogP contribution in [0.25, 0.3) is 21.9 Å². The SMILES string of the molecule is COC(=O)C(C)c1ccc2cc(OP(=O)(NC(C(=O)OCC(C)(C)C)C(C)C)OCC3OC(n4cnc5c(OC)nc(N)nc54)C(C)(O)C3O)ccc2c1. The number of hydrogen-bond acceptors (Lipinski definition) is 15. The first-order valence-corrected chi connectivity index (χ1v) is 18.9. The molecule has 3 heterocycles. The molecule has 5 rings (SSSR count). The van der Waals surface area contributed by atoms with Crippen LogP contribution in [0.5, 0.6) is 11.6 Å². The summed E-state index contributed by atoms with van der Waals surface area (Å²) in [7, 11) is -1.78. The molecule has 0 bridgehead atoms. The average Bonchev–Trinajstić information content (AvgIpc) is 3.63. The molecule has 0 saturated carbocycles. The highest BCUT2D eigenvalue weighted by molar-refractivity contribution is 7.52. The molecule has 17 nitrogen and oxygen atoms in total. The van der Waals surface area contributed by atoms with Crippen molar-refractivity contribution in [2.45, 2.75) is 84.5 Å². The van der Waals surface area contributed by atoms with Crippen molar-refractivity contribution in [1.29, 1.82) is 0 Å². The first-order valence-electron chi connectivity index (χ1n) is 17.4. The molecule has 0 radical (unpaired) electrons. The van der Waals surface area contributed by atoms with Crippen LogP contribution in [0.1, 0.15) is 66.2 Å². The van der Waals surface area contributed by atoms with Crippen LogP contribution < -0.4 is 20.1 Å². The Morgan fingerprint density at radius 1 is 1.09 bits per heavy atom. The highest BCUT2D eigenvalue weighted by Gasteiger charge is 2.54. The van der Waals surface area contributed by atoms with E-state index in [4.69, 9.17) is 33.7 Å². The Morgan fingerprint density at radius 2 is 1.78 bits per heavy atom. The first kappa shape index (κ1) is 40.8. The van der Waals surface area contributed by atoms with Crippen LogP contribution in [0.4, 0.5) is 5.95 Å². The number of benzene rings is 2. The van der Waals surface area contributed by atoms with Crippen molar-refractivity contribution in [3.05, 3.63) is 48.3 Å². The van der Waals surface area contributed by atoms with Crippen LogP contribution in [0.3, 0.4) is 0 Å². The van der Waals surface area contributed by atoms with E-state index in [9.17, 15) is 24.4 Å². The molecule has 1 fully saturated rings. The van der Waals surface area contributed by atoms with Gasteiger partial charge in [0.1, 0.15) is 29.6 Å². The molecule has 294 valence electrons. The summed E-state index contributed by atoms with van der Waals surface area (Å²) in [5, 5.41) is 27.1. The average molecular weight is 773 g/mol. The minimum atomic E-state index is -4.50. The van der Waals surface area contributed by atoms with E-state index in [1.807, 2.05) is 26.8 Å². The van der Waals surface area contributed by atoms with Crippen molar-refractivity contribution in [3.8, 4) is 11.6 Å². The molecule has 1 saturated heterocycles. The summed E-state index contributed by atoms with van der Waals surface area (Å²) < 4.78 is 49.9. The van der Waals surface area contributed by atoms with E-state index in [0.29, 0.717) is 5.39 Å². The lowest BCUT2D eigenvalue weighted by molar-refractivity contribution is -0.149. The Hall–Kier alpha value is -4.38. The first-order chi connectivity index (χ1) is 25.3. The van der Waals surface area contributed by atoms with Crippen LogP contribution in [-0.4, -0.2) is 93.0 Å². The second-order valence-corrected chi connectivity index (χ2v) is 16.7. The zero-order valence-corrected chi connectivity index (χ0v) is 32.7. The van der Waals surface area contributed by atoms with Gasteiger partial charge in [0.15, 0.2) is 17.4 Å². The maximum Gasteiger partial charge on any atom is 0.459 e. The molecule has 2 aromatic carbocycles. The molecule has 7 atom stereocenters. The van der Waals surface area contributed by atoms with Crippen molar-refractivity contribution < 1.29 is 52.4 Å². The molecule has 7 unspecified atom stereocenters. The number of hydrogen-bond donors (Lipinski definition) is 4. The summed E-state index contributed by atoms with van der Waals surface area (Å²) in [6.07, 6.45) is -2.77. The Labute approximate surface area is 313 Å². The fraction of sp³-hybridized carbons (Fsp3) is 0.528. The van der Waals surface area contributed by atoms with Gasteiger partial charge in [-0.25, -0.2) is 9.55 Å². The van der Waals surface area contributed by atoms with Crippen molar-refractivity contribution in [1.82, 2.24) is 24.6 Å². The predicted molar refractivity (Wildman–Crippen MR) is 198 cm³/mol. The van der Waals surface area contributed by atoms with Gasteiger partial charge in [-0.05, 0) is 53.6 Å². The van der Waals surface area contributed by atoms with E-state index in [1.165, 1.54) is 32.0 Å². The molecular formula is C36H49N6O11P. The fourth-order valence-electron chi connectivity index (χ4n) is 5.90. The van der Waals surface area contributed by atoms with Crippen molar-refractivity contribution >= 4 is 47.6 Å². The molecule has 4 aromatic rings. The number of aliphatic hydroxyl groups excluding tert-OH is 1. The van der Waals surface area contributed by atoms with Crippen LogP contribution in [-0.2, 0) is 32.9 Å². The Bertz CT molecular complexity index is 2050. The van der Waals surface area contributed by atoms with E-state index in [1.54, 1.807) is 51.1 Å². The van der Waals surface area contributed by atoms with Gasteiger partial charge in [0, 0.05) is 0 Å². The number of nitrogens with zero attached hydrogens (tertiary/aromatic N) is 4. The number of rotatable bonds is 14. The van der Waals surface area contributed by atoms with E-state index in [-0.39, 0.29) is 46.7 Å². The highest BCUT2D eigenvalue weighted by Crippen LogP contribution is 2.48. The lowest BCUT2D eigenvalue weighted by Crippen LogP contribution is -2.45. The van der Waals surface area contributed by atoms with Crippen LogP contribution in [0.2, 0.25) is 0 Å². The third-order valence-electron chi connectivity index (χ3n) is 9.00. The Kier molecular flexibility index (Phi) is 11.9. The number of esters is 2. The van der Waals surface area contributed by atoms with Crippen molar-refractivity contribution in [3.63, 3.8) is 0 Å². The van der Waals surface area contributed by atoms with Crippen LogP contribution >= 0.6 is 7.75 Å². The van der Waals surface area contributed by atoms with E-state index >= 15 is 0 Å². The maximum absolute atomic E-state index is 14.7. The van der Waals surface area contributed by atoms with Crippen LogP contribution in [0, 0.1) is 11.3 Å². The van der Waals surface area contributed by atoms with Gasteiger partial charge < -0.3 is 39.4 Å². The monoisotopic (exact) mass is 772 g/mol. The van der Waals surface area contributed by atoms with Crippen LogP contribution in [0.15, 0.2) is 42.7 Å². The predicted octanol–water partition coefficient (Wildman–Crippen LogP) is 4.26. The highest BCUT2D eigenvalue weighted by atomic mass is 31.2. The Balaban J connectivity index is 1.44. The molecular weight excluding hydrogens is 723 g/mol. The lowest BCUT2D eigenvalue weighted by Gasteiger charge is -2.29. The number of nitrogen functional groups attached to an aromatic ring is 1. The molecule has 2 aromatic heterocycles. The second-order valence-electron chi connectivity index (χ2n) is 15.0. The van der Waals surface area contributed by atoms with Gasteiger partial charge in [-0.1, -0.05) is 58.9 Å². The third kappa shape index (κ3) is 8.77. The third-order valence-corrected chi connectivity index (χ3v) is 10.5. The van der Waals surface area contributed by atoms with Gasteiger partial charge in [-0.2, -0.15) is 15.1 Å². The topological polar surface area (TPSA) is 229 Å². The molecule has 1 aliphatic rings. The van der Waals surface area contributed by atoms with Gasteiger partial charge in [0.05, 0.1) is 39.7 Å². The van der Waals surface area contributed by atoms with E-state index < -0.39 is 62.2 Å². The number of nitrogens with two attached hydrogens (primary N) is 1. The zero-order chi connectivity index (χ0) is 39.7. The standard InChI is InChI=1S/C36H49N6O11P/c1-19(2)26(32(45)50-17-35(4,5)6)41-54(47,53-24-13-12-22-14-21(10-11-23(22)15-24)20(3)31(44)49-9)51-16-25-28(43)36(7,46)33(52-25)42-18-38-27-29(42)39-34(37)40-30(27)48-8/h10-15,18-20,25-26,28,33,43,46H,16-17H2,1-9H3,(H,41,47)(H2,37,39,40). The number of fused-ring (bicyclic) bond motifs is 2. The number of carbonyl (C=O) groups is 2. The smallest absolute Gasteiger partial charge is 0.459 e. The van der Waals surface area contributed by atoms with Gasteiger partial charge in [-0.15, -0.1) is 0 Å². The normalized spacial score (nSPS) is 22.6. The minimum Gasteiger partial charge on any atom is -0.479 e. The number of aromatic nitrogens is 4. The Morgan fingerprint density at radius 3 is 2.43 bits per heavy atom. The summed E-state index contributed by atoms with van der Waals surface area (Å²) >= 11 is 0. The molecule has 54 heavy (non-hydrogen) atoms. The minimum absolute atomic E-state index is 0.101. The number of carbonyl (C=O) groups excluding carboxylic acids is 2. The maximum atomic E-state index is 14.7. The summed E-state index contributed by atoms with van der Waals surface area (Å²) in [5.41, 5.74) is 4.77. The van der Waals surface area contributed by atoms with Gasteiger partial charge >= 0.3 is 19.7 Å². The molecule has 5 N–H and O–H groups in total. The molecule has 0 aliphatic carbocycles. The molecule has 0 amide bonds. The fourth-order valence-corrected chi connectivity index (χ4v) is 7.56. The lowest BCUT2D eigenvalue weighted by atomic mass is 9.96. The number of methoxy groups -OCH3 is 2. The van der Waals surface area contributed by atoms with E-state index in [2.05, 4.69) is 20.0 Å². The largest absolute Gasteiger partial charge is 0.479 e. The quantitative estimate of drug-likeness (QED) is 0.104. The number of ether oxygens (including phenoxy) is 4. The van der Waals surface area contributed by atoms with Crippen molar-refractivity contribution in [2.24, 2.45) is 11.3 Å². The summed E-state index contributed by atoms with van der Waals surface area (Å²) in [4.78, 5) is 38.0. The second kappa shape index (κ2) is 15.8. The van der Waals surface area contributed by atoms with Crippen molar-refractivity contribution in [2.75, 3.05) is 33.2 Å². The number of aliphatic hydroxyl groups is 2.